The number of amides is 1. The Kier molecular flexibility index (Phi) is 7.54. The van der Waals surface area contributed by atoms with Crippen LogP contribution in [0.2, 0.25) is 0 Å². The van der Waals surface area contributed by atoms with Crippen molar-refractivity contribution in [1.82, 2.24) is 14.9 Å². The Morgan fingerprint density at radius 2 is 1.61 bits per heavy atom. The fourth-order valence-electron chi connectivity index (χ4n) is 4.09. The zero-order valence-corrected chi connectivity index (χ0v) is 19.3. The summed E-state index contributed by atoms with van der Waals surface area (Å²) in [5, 5.41) is 3.09. The molecule has 1 unspecified atom stereocenters. The van der Waals surface area contributed by atoms with E-state index in [2.05, 4.69) is 27.1 Å². The molecule has 0 bridgehead atoms. The minimum atomic E-state index is -3.73. The zero-order chi connectivity index (χ0) is 23.1. The molecule has 2 N–H and O–H groups in total. The van der Waals surface area contributed by atoms with E-state index in [0.29, 0.717) is 5.56 Å². The number of sulfonamides is 1. The average Bonchev–Trinajstić information content (AvgIpc) is 2.84. The zero-order valence-electron chi connectivity index (χ0n) is 18.5. The van der Waals surface area contributed by atoms with Gasteiger partial charge in [-0.25, -0.2) is 13.1 Å². The standard InChI is InChI=1S/C26H29N3O3S/c30-26(28-24-14-8-16-29(20-24)19-22-11-5-2-6-12-22)23-13-7-15-25(17-23)33(31,32)27-18-21-9-3-1-4-10-21/h1-7,9-13,15,17,24,27H,8,14,16,18-20H2,(H,28,30). The number of carbonyl (C=O) groups is 1. The van der Waals surface area contributed by atoms with E-state index in [1.165, 1.54) is 17.7 Å². The molecule has 0 radical (unpaired) electrons. The van der Waals surface area contributed by atoms with Gasteiger partial charge in [-0.3, -0.25) is 9.69 Å². The van der Waals surface area contributed by atoms with Crippen LogP contribution in [0.1, 0.15) is 34.3 Å². The predicted octanol–water partition coefficient (Wildman–Crippen LogP) is 3.56. The number of hydrogen-bond acceptors (Lipinski definition) is 4. The molecule has 7 heteroatoms. The predicted molar refractivity (Wildman–Crippen MR) is 129 cm³/mol. The summed E-state index contributed by atoms with van der Waals surface area (Å²) >= 11 is 0. The Balaban J connectivity index is 1.37. The molecule has 1 fully saturated rings. The van der Waals surface area contributed by atoms with E-state index < -0.39 is 10.0 Å². The van der Waals surface area contributed by atoms with Crippen molar-refractivity contribution in [3.8, 4) is 0 Å². The molecule has 172 valence electrons. The first-order chi connectivity index (χ1) is 16.0. The minimum absolute atomic E-state index is 0.0337. The molecule has 4 rings (SSSR count). The highest BCUT2D eigenvalue weighted by Crippen LogP contribution is 2.16. The second kappa shape index (κ2) is 10.7. The fraction of sp³-hybridized carbons (Fsp3) is 0.269. The highest BCUT2D eigenvalue weighted by atomic mass is 32.2. The van der Waals surface area contributed by atoms with Gasteiger partial charge >= 0.3 is 0 Å². The van der Waals surface area contributed by atoms with E-state index in [1.54, 1.807) is 12.1 Å². The van der Waals surface area contributed by atoms with Gasteiger partial charge in [0.2, 0.25) is 10.0 Å². The largest absolute Gasteiger partial charge is 0.348 e. The lowest BCUT2D eigenvalue weighted by molar-refractivity contribution is 0.0900. The highest BCUT2D eigenvalue weighted by molar-refractivity contribution is 7.89. The number of benzene rings is 3. The molecule has 1 heterocycles. The molecular weight excluding hydrogens is 434 g/mol. The summed E-state index contributed by atoms with van der Waals surface area (Å²) in [5.74, 6) is -0.248. The van der Waals surface area contributed by atoms with Gasteiger partial charge in [-0.1, -0.05) is 66.7 Å². The Morgan fingerprint density at radius 3 is 2.33 bits per heavy atom. The van der Waals surface area contributed by atoms with Crippen molar-refractivity contribution < 1.29 is 13.2 Å². The maximum absolute atomic E-state index is 12.9. The van der Waals surface area contributed by atoms with Gasteiger partial charge < -0.3 is 5.32 Å². The van der Waals surface area contributed by atoms with E-state index in [4.69, 9.17) is 0 Å². The van der Waals surface area contributed by atoms with Crippen LogP contribution in [0.15, 0.2) is 89.8 Å². The van der Waals surface area contributed by atoms with Gasteiger partial charge in [0.05, 0.1) is 4.90 Å². The van der Waals surface area contributed by atoms with Crippen LogP contribution in [0.5, 0.6) is 0 Å². The van der Waals surface area contributed by atoms with Crippen LogP contribution in [-0.2, 0) is 23.1 Å². The van der Waals surface area contributed by atoms with Crippen LogP contribution in [0.4, 0.5) is 0 Å². The van der Waals surface area contributed by atoms with E-state index in [-0.39, 0.29) is 23.4 Å². The van der Waals surface area contributed by atoms with E-state index >= 15 is 0 Å². The molecule has 3 aromatic carbocycles. The number of likely N-dealkylation sites (tertiary alicyclic amines) is 1. The van der Waals surface area contributed by atoms with Crippen molar-refractivity contribution in [3.63, 3.8) is 0 Å². The lowest BCUT2D eigenvalue weighted by Crippen LogP contribution is -2.47. The van der Waals surface area contributed by atoms with Gasteiger partial charge in [0.25, 0.3) is 5.91 Å². The Bertz CT molecular complexity index is 1170. The average molecular weight is 464 g/mol. The molecule has 1 aliphatic rings. The molecule has 0 aromatic heterocycles. The van der Waals surface area contributed by atoms with E-state index in [0.717, 1.165) is 38.0 Å². The van der Waals surface area contributed by atoms with Crippen molar-refractivity contribution in [2.24, 2.45) is 0 Å². The summed E-state index contributed by atoms with van der Waals surface area (Å²) in [5.41, 5.74) is 2.47. The molecule has 1 aliphatic heterocycles. The van der Waals surface area contributed by atoms with Crippen LogP contribution in [0.3, 0.4) is 0 Å². The maximum atomic E-state index is 12.9. The van der Waals surface area contributed by atoms with Crippen LogP contribution in [0.25, 0.3) is 0 Å². The minimum Gasteiger partial charge on any atom is -0.348 e. The number of rotatable bonds is 8. The molecule has 0 aliphatic carbocycles. The fourth-order valence-corrected chi connectivity index (χ4v) is 5.15. The van der Waals surface area contributed by atoms with Crippen LogP contribution < -0.4 is 10.0 Å². The summed E-state index contributed by atoms with van der Waals surface area (Å²) in [6.45, 7) is 2.83. The molecule has 0 saturated carbocycles. The molecule has 1 atom stereocenters. The second-order valence-electron chi connectivity index (χ2n) is 8.37. The number of nitrogens with one attached hydrogen (secondary N) is 2. The molecular formula is C26H29N3O3S. The number of carbonyl (C=O) groups excluding carboxylic acids is 1. The quantitative estimate of drug-likeness (QED) is 0.536. The first kappa shape index (κ1) is 23.2. The molecule has 3 aromatic rings. The number of hydrogen-bond donors (Lipinski definition) is 2. The van der Waals surface area contributed by atoms with Gasteiger partial charge in [0, 0.05) is 31.2 Å². The van der Waals surface area contributed by atoms with Crippen LogP contribution in [0, 0.1) is 0 Å². The SMILES string of the molecule is O=C(NC1CCCN(Cc2ccccc2)C1)c1cccc(S(=O)(=O)NCc2ccccc2)c1. The third-order valence-corrected chi connectivity index (χ3v) is 7.20. The van der Waals surface area contributed by atoms with Crippen molar-refractivity contribution >= 4 is 15.9 Å². The van der Waals surface area contributed by atoms with E-state index in [9.17, 15) is 13.2 Å². The first-order valence-corrected chi connectivity index (χ1v) is 12.7. The lowest BCUT2D eigenvalue weighted by atomic mass is 10.0. The maximum Gasteiger partial charge on any atom is 0.251 e. The first-order valence-electron chi connectivity index (χ1n) is 11.2. The normalized spacial score (nSPS) is 16.9. The summed E-state index contributed by atoms with van der Waals surface area (Å²) in [4.78, 5) is 15.3. The molecule has 33 heavy (non-hydrogen) atoms. The van der Waals surface area contributed by atoms with Gasteiger partial charge in [0.1, 0.15) is 0 Å². The Morgan fingerprint density at radius 1 is 0.909 bits per heavy atom. The Hall–Kier alpha value is -3.00. The monoisotopic (exact) mass is 463 g/mol. The molecule has 1 amide bonds. The molecule has 0 spiro atoms. The van der Waals surface area contributed by atoms with E-state index in [1.807, 2.05) is 48.5 Å². The van der Waals surface area contributed by atoms with Gasteiger partial charge in [-0.05, 0) is 48.7 Å². The Labute approximate surface area is 195 Å². The van der Waals surface area contributed by atoms with Gasteiger partial charge in [-0.15, -0.1) is 0 Å². The summed E-state index contributed by atoms with van der Waals surface area (Å²) in [7, 11) is -3.73. The molecule has 1 saturated heterocycles. The van der Waals surface area contributed by atoms with Crippen molar-refractivity contribution in [2.45, 2.75) is 36.9 Å². The smallest absolute Gasteiger partial charge is 0.251 e. The van der Waals surface area contributed by atoms with Crippen LogP contribution >= 0.6 is 0 Å². The lowest BCUT2D eigenvalue weighted by Gasteiger charge is -2.33. The molecule has 6 nitrogen and oxygen atoms in total. The third-order valence-electron chi connectivity index (χ3n) is 5.81. The van der Waals surface area contributed by atoms with Crippen molar-refractivity contribution in [2.75, 3.05) is 13.1 Å². The van der Waals surface area contributed by atoms with Crippen molar-refractivity contribution in [3.05, 3.63) is 102 Å². The number of nitrogens with zero attached hydrogens (tertiary/aromatic N) is 1. The van der Waals surface area contributed by atoms with Crippen LogP contribution in [-0.4, -0.2) is 38.4 Å². The topological polar surface area (TPSA) is 78.5 Å². The van der Waals surface area contributed by atoms with Gasteiger partial charge in [0.15, 0.2) is 0 Å². The third kappa shape index (κ3) is 6.51. The highest BCUT2D eigenvalue weighted by Gasteiger charge is 2.23. The number of piperidine rings is 1. The summed E-state index contributed by atoms with van der Waals surface area (Å²) in [6.07, 6.45) is 1.92. The second-order valence-corrected chi connectivity index (χ2v) is 10.1. The van der Waals surface area contributed by atoms with Gasteiger partial charge in [-0.2, -0.15) is 0 Å². The summed E-state index contributed by atoms with van der Waals surface area (Å²) < 4.78 is 28.1. The van der Waals surface area contributed by atoms with Crippen molar-refractivity contribution in [1.29, 1.82) is 0 Å². The summed E-state index contributed by atoms with van der Waals surface area (Å²) in [6, 6.07) is 25.9.